The Hall–Kier alpha value is -3.79. The van der Waals surface area contributed by atoms with Crippen LogP contribution in [0.3, 0.4) is 0 Å². The Morgan fingerprint density at radius 3 is 2.48 bits per heavy atom. The van der Waals surface area contributed by atoms with Crippen molar-refractivity contribution in [1.82, 2.24) is 19.4 Å². The lowest BCUT2D eigenvalue weighted by Crippen LogP contribution is -1.91. The van der Waals surface area contributed by atoms with E-state index in [4.69, 9.17) is 4.98 Å². The van der Waals surface area contributed by atoms with Crippen molar-refractivity contribution >= 4 is 27.6 Å². The van der Waals surface area contributed by atoms with E-state index in [1.54, 1.807) is 12.4 Å². The zero-order valence-corrected chi connectivity index (χ0v) is 14.5. The molecule has 0 aliphatic heterocycles. The monoisotopic (exact) mass is 348 g/mol. The predicted octanol–water partition coefficient (Wildman–Crippen LogP) is 5.22. The maximum absolute atomic E-state index is 4.73. The summed E-state index contributed by atoms with van der Waals surface area (Å²) in [5.41, 5.74) is 6.20. The number of nitrogens with zero attached hydrogens (tertiary/aromatic N) is 4. The standard InChI is InChI=1S/C23H16N4/c1-2-7-17(8-6-14-24-13-5-1)19-15-25-16-22-18(19)11-12-23-26-20-9-3-4-10-21(20)27(22)23/h1-16H. The van der Waals surface area contributed by atoms with E-state index in [2.05, 4.69) is 44.7 Å². The SMILES string of the molecule is c1ccncccc(-c2cncc3c2ccc2nc4ccccc4n23)cc1. The maximum Gasteiger partial charge on any atom is 0.138 e. The van der Waals surface area contributed by atoms with E-state index < -0.39 is 0 Å². The van der Waals surface area contributed by atoms with Crippen LogP contribution in [0.4, 0.5) is 0 Å². The van der Waals surface area contributed by atoms with E-state index in [9.17, 15) is 0 Å². The molecule has 0 saturated heterocycles. The van der Waals surface area contributed by atoms with Crippen molar-refractivity contribution in [3.63, 3.8) is 0 Å². The number of hydrogen-bond acceptors (Lipinski definition) is 3. The second-order valence-electron chi connectivity index (χ2n) is 6.25. The lowest BCUT2D eigenvalue weighted by molar-refractivity contribution is 1.26. The number of benzene rings is 1. The van der Waals surface area contributed by atoms with Gasteiger partial charge in [0.05, 0.1) is 22.7 Å². The summed E-state index contributed by atoms with van der Waals surface area (Å²) in [6.07, 6.45) is 7.37. The first-order valence-corrected chi connectivity index (χ1v) is 8.79. The highest BCUT2D eigenvalue weighted by Crippen LogP contribution is 2.29. The lowest BCUT2D eigenvalue weighted by Gasteiger charge is -2.08. The van der Waals surface area contributed by atoms with Crippen LogP contribution in [0.5, 0.6) is 0 Å². The van der Waals surface area contributed by atoms with Crippen LogP contribution in [0.15, 0.2) is 97.6 Å². The second-order valence-corrected chi connectivity index (χ2v) is 6.25. The van der Waals surface area contributed by atoms with Crippen LogP contribution >= 0.6 is 0 Å². The van der Waals surface area contributed by atoms with Gasteiger partial charge in [0.25, 0.3) is 0 Å². The zero-order chi connectivity index (χ0) is 18.1. The molecule has 0 spiro atoms. The molecule has 4 nitrogen and oxygen atoms in total. The van der Waals surface area contributed by atoms with Crippen molar-refractivity contribution in [2.45, 2.75) is 0 Å². The molecule has 0 saturated carbocycles. The van der Waals surface area contributed by atoms with Crippen molar-refractivity contribution in [1.29, 1.82) is 0 Å². The smallest absolute Gasteiger partial charge is 0.138 e. The predicted molar refractivity (Wildman–Crippen MR) is 109 cm³/mol. The van der Waals surface area contributed by atoms with E-state index in [1.807, 2.05) is 54.9 Å². The molecule has 0 aliphatic carbocycles. The lowest BCUT2D eigenvalue weighted by atomic mass is 10.0. The highest BCUT2D eigenvalue weighted by Gasteiger charge is 2.10. The van der Waals surface area contributed by atoms with Gasteiger partial charge in [0.2, 0.25) is 0 Å². The Balaban J connectivity index is 1.86. The summed E-state index contributed by atoms with van der Waals surface area (Å²) in [6, 6.07) is 24.4. The highest BCUT2D eigenvalue weighted by molar-refractivity contribution is 5.98. The van der Waals surface area contributed by atoms with E-state index in [0.717, 1.165) is 38.7 Å². The van der Waals surface area contributed by atoms with E-state index >= 15 is 0 Å². The van der Waals surface area contributed by atoms with Gasteiger partial charge in [-0.3, -0.25) is 14.4 Å². The van der Waals surface area contributed by atoms with Gasteiger partial charge in [-0.15, -0.1) is 0 Å². The number of para-hydroxylation sites is 2. The minimum atomic E-state index is 0.926. The van der Waals surface area contributed by atoms with Gasteiger partial charge in [-0.05, 0) is 42.0 Å². The first-order valence-electron chi connectivity index (χ1n) is 8.79. The number of aromatic nitrogens is 4. The minimum absolute atomic E-state index is 0.926. The first-order chi connectivity index (χ1) is 13.4. The Kier molecular flexibility index (Phi) is 3.72. The van der Waals surface area contributed by atoms with E-state index in [-0.39, 0.29) is 0 Å². The molecule has 128 valence electrons. The summed E-state index contributed by atoms with van der Waals surface area (Å²) in [6.45, 7) is 0. The topological polar surface area (TPSA) is 43.1 Å². The summed E-state index contributed by atoms with van der Waals surface area (Å²) < 4.78 is 2.17. The molecule has 0 amide bonds. The Morgan fingerprint density at radius 2 is 1.48 bits per heavy atom. The second kappa shape index (κ2) is 6.50. The number of pyridine rings is 2. The minimum Gasteiger partial charge on any atom is -0.291 e. The molecule has 1 aromatic carbocycles. The molecule has 4 heteroatoms. The molecule has 0 unspecified atom stereocenters. The molecule has 0 fully saturated rings. The molecule has 0 bridgehead atoms. The number of fused-ring (bicyclic) bond motifs is 5. The van der Waals surface area contributed by atoms with Gasteiger partial charge in [0, 0.05) is 29.5 Å². The summed E-state index contributed by atoms with van der Waals surface area (Å²) in [7, 11) is 0. The van der Waals surface area contributed by atoms with Crippen molar-refractivity contribution in [3.05, 3.63) is 97.6 Å². The van der Waals surface area contributed by atoms with Crippen LogP contribution in [-0.4, -0.2) is 19.4 Å². The van der Waals surface area contributed by atoms with Gasteiger partial charge >= 0.3 is 0 Å². The number of hydrogen-bond donors (Lipinski definition) is 0. The Labute approximate surface area is 156 Å². The normalized spacial score (nSPS) is 11.0. The van der Waals surface area contributed by atoms with E-state index in [1.165, 1.54) is 0 Å². The zero-order valence-electron chi connectivity index (χ0n) is 14.5. The highest BCUT2D eigenvalue weighted by atomic mass is 15.0. The largest absolute Gasteiger partial charge is 0.291 e. The molecule has 4 heterocycles. The van der Waals surface area contributed by atoms with Crippen LogP contribution in [0, 0.1) is 0 Å². The molecule has 5 aromatic rings. The molecule has 27 heavy (non-hydrogen) atoms. The fourth-order valence-corrected chi connectivity index (χ4v) is 3.41. The Morgan fingerprint density at radius 1 is 0.630 bits per heavy atom. The van der Waals surface area contributed by atoms with Crippen molar-refractivity contribution in [2.24, 2.45) is 0 Å². The van der Waals surface area contributed by atoms with Crippen molar-refractivity contribution < 1.29 is 0 Å². The molecule has 0 aliphatic rings. The van der Waals surface area contributed by atoms with Crippen LogP contribution in [0.1, 0.15) is 0 Å². The molecule has 0 radical (unpaired) electrons. The van der Waals surface area contributed by atoms with Crippen molar-refractivity contribution in [3.8, 4) is 11.1 Å². The van der Waals surface area contributed by atoms with Gasteiger partial charge in [-0.25, -0.2) is 4.98 Å². The molecule has 4 aromatic heterocycles. The Bertz CT molecular complexity index is 1310. The third-order valence-electron chi connectivity index (χ3n) is 4.62. The fourth-order valence-electron chi connectivity index (χ4n) is 3.41. The summed E-state index contributed by atoms with van der Waals surface area (Å²) in [5, 5.41) is 1.13. The summed E-state index contributed by atoms with van der Waals surface area (Å²) in [5.74, 6) is 0. The number of rotatable bonds is 1. The quantitative estimate of drug-likeness (QED) is 0.417. The van der Waals surface area contributed by atoms with Crippen LogP contribution in [-0.2, 0) is 0 Å². The number of imidazole rings is 1. The summed E-state index contributed by atoms with van der Waals surface area (Å²) >= 11 is 0. The fraction of sp³-hybridized carbons (Fsp3) is 0. The third kappa shape index (κ3) is 2.68. The third-order valence-corrected chi connectivity index (χ3v) is 4.62. The van der Waals surface area contributed by atoms with Gasteiger partial charge in [0.15, 0.2) is 0 Å². The first kappa shape index (κ1) is 15.5. The molecule has 0 atom stereocenters. The van der Waals surface area contributed by atoms with Gasteiger partial charge < -0.3 is 0 Å². The van der Waals surface area contributed by atoms with Gasteiger partial charge in [-0.2, -0.15) is 0 Å². The average Bonchev–Trinajstić information content (AvgIpc) is 3.10. The van der Waals surface area contributed by atoms with Crippen LogP contribution < -0.4 is 0 Å². The van der Waals surface area contributed by atoms with Gasteiger partial charge in [-0.1, -0.05) is 36.4 Å². The van der Waals surface area contributed by atoms with Crippen LogP contribution in [0.2, 0.25) is 0 Å². The van der Waals surface area contributed by atoms with Gasteiger partial charge in [0.1, 0.15) is 5.65 Å². The van der Waals surface area contributed by atoms with E-state index in [0.29, 0.717) is 0 Å². The summed E-state index contributed by atoms with van der Waals surface area (Å²) in [4.78, 5) is 13.4. The molecule has 5 rings (SSSR count). The molecule has 0 N–H and O–H groups in total. The maximum atomic E-state index is 4.73. The average molecular weight is 348 g/mol. The van der Waals surface area contributed by atoms with Crippen LogP contribution in [0.25, 0.3) is 38.7 Å². The van der Waals surface area contributed by atoms with Crippen molar-refractivity contribution in [2.75, 3.05) is 0 Å². The molecular formula is C23H16N4. The molecular weight excluding hydrogens is 332 g/mol.